The van der Waals surface area contributed by atoms with Gasteiger partial charge in [0.05, 0.1) is 44.9 Å². The highest BCUT2D eigenvalue weighted by Crippen LogP contribution is 2.49. The van der Waals surface area contributed by atoms with Crippen LogP contribution in [-0.2, 0) is 20.0 Å². The van der Waals surface area contributed by atoms with Gasteiger partial charge >= 0.3 is 0 Å². The Hall–Kier alpha value is -3.15. The molecule has 5 rings (SSSR count). The zero-order chi connectivity index (χ0) is 30.6. The summed E-state index contributed by atoms with van der Waals surface area (Å²) in [5, 5.41) is 0.505. The Morgan fingerprint density at radius 1 is 1.07 bits per heavy atom. The van der Waals surface area contributed by atoms with Gasteiger partial charge in [-0.3, -0.25) is 14.6 Å². The van der Waals surface area contributed by atoms with Crippen molar-refractivity contribution in [3.63, 3.8) is 0 Å². The van der Waals surface area contributed by atoms with E-state index in [1.165, 1.54) is 11.0 Å². The van der Waals surface area contributed by atoms with Gasteiger partial charge in [-0.25, -0.2) is 12.8 Å². The van der Waals surface area contributed by atoms with Gasteiger partial charge in [-0.2, -0.15) is 0 Å². The summed E-state index contributed by atoms with van der Waals surface area (Å²) in [6.07, 6.45) is 1.67. The van der Waals surface area contributed by atoms with Gasteiger partial charge in [0, 0.05) is 48.5 Å². The van der Waals surface area contributed by atoms with Gasteiger partial charge in [0.25, 0.3) is 5.91 Å². The van der Waals surface area contributed by atoms with Crippen molar-refractivity contribution < 1.29 is 22.4 Å². The molecular weight excluding hydrogens is 604 g/mol. The number of rotatable bonds is 6. The van der Waals surface area contributed by atoms with E-state index in [1.54, 1.807) is 31.0 Å². The Morgan fingerprint density at radius 2 is 1.74 bits per heavy atom. The van der Waals surface area contributed by atoms with Crippen molar-refractivity contribution in [3.8, 4) is 0 Å². The summed E-state index contributed by atoms with van der Waals surface area (Å²) in [6.45, 7) is 2.35. The molecule has 42 heavy (non-hydrogen) atoms. The second kappa shape index (κ2) is 11.2. The van der Waals surface area contributed by atoms with Crippen molar-refractivity contribution in [2.45, 2.75) is 37.6 Å². The predicted octanol–water partition coefficient (Wildman–Crippen LogP) is 3.45. The molecule has 0 aromatic heterocycles. The van der Waals surface area contributed by atoms with Gasteiger partial charge in [-0.05, 0) is 62.1 Å². The number of carbonyl (C=O) groups excluding carboxylic acids is 2. The van der Waals surface area contributed by atoms with Crippen LogP contribution in [0.1, 0.15) is 47.7 Å². The van der Waals surface area contributed by atoms with E-state index in [1.807, 2.05) is 6.07 Å². The molecule has 1 aliphatic carbocycles. The lowest BCUT2D eigenvalue weighted by molar-refractivity contribution is -0.120. The third-order valence-corrected chi connectivity index (χ3v) is 10.7. The van der Waals surface area contributed by atoms with Crippen LogP contribution < -0.4 is 16.4 Å². The highest BCUT2D eigenvalue weighted by atomic mass is 35.5. The van der Waals surface area contributed by atoms with Crippen LogP contribution in [0.25, 0.3) is 0 Å². The summed E-state index contributed by atoms with van der Waals surface area (Å²) in [6, 6.07) is 7.12. The van der Waals surface area contributed by atoms with Crippen LogP contribution in [0.5, 0.6) is 0 Å². The number of amides is 2. The fourth-order valence-corrected chi connectivity index (χ4v) is 7.58. The number of aliphatic imine (C=N–C) groups is 1. The average Bonchev–Trinajstić information content (AvgIpc) is 3.75. The van der Waals surface area contributed by atoms with E-state index in [2.05, 4.69) is 4.99 Å². The molecule has 2 heterocycles. The topological polar surface area (TPSA) is 139 Å². The zero-order valence-electron chi connectivity index (χ0n) is 23.3. The molecule has 2 amide bonds. The second-order valence-electron chi connectivity index (χ2n) is 11.0. The van der Waals surface area contributed by atoms with Crippen molar-refractivity contribution in [1.82, 2.24) is 4.90 Å². The van der Waals surface area contributed by atoms with Crippen molar-refractivity contribution >= 4 is 56.3 Å². The van der Waals surface area contributed by atoms with Gasteiger partial charge in [0.15, 0.2) is 9.84 Å². The molecule has 0 radical (unpaired) electrons. The summed E-state index contributed by atoms with van der Waals surface area (Å²) in [7, 11) is -1.52. The first kappa shape index (κ1) is 30.3. The first-order valence-corrected chi connectivity index (χ1v) is 16.2. The largest absolute Gasteiger partial charge is 0.400 e. The van der Waals surface area contributed by atoms with E-state index < -0.39 is 38.9 Å². The quantitative estimate of drug-likeness (QED) is 0.466. The standard InChI is InChI=1S/C29H32Cl2FN5O4S/c1-16-25(33)21(26(35-2)17-11-18(13-19(30)12-17)29(4-5-29)28(34)39)3-6-37(16)27(38)22-14-20(32)15-23(24(22)31)36-7-9-42(40,41)10-8-36/h11-16H,3-10,33H2,1-2H3,(H2,34,39)/t16-/m0/s1. The first-order valence-electron chi connectivity index (χ1n) is 13.6. The zero-order valence-corrected chi connectivity index (χ0v) is 25.6. The minimum absolute atomic E-state index is 0.0201. The number of hydrogen-bond donors (Lipinski definition) is 2. The molecular formula is C29H32Cl2FN5O4S. The molecule has 9 nitrogen and oxygen atoms in total. The number of benzene rings is 2. The van der Waals surface area contributed by atoms with Gasteiger partial charge in [-0.1, -0.05) is 23.2 Å². The fraction of sp³-hybridized carbons (Fsp3) is 0.414. The summed E-state index contributed by atoms with van der Waals surface area (Å²) in [5.74, 6) is -1.68. The summed E-state index contributed by atoms with van der Waals surface area (Å²) >= 11 is 13.1. The summed E-state index contributed by atoms with van der Waals surface area (Å²) in [5.41, 5.74) is 15.0. The normalized spacial score (nSPS) is 21.8. The number of halogens is 3. The van der Waals surface area contributed by atoms with E-state index in [0.29, 0.717) is 41.3 Å². The van der Waals surface area contributed by atoms with E-state index in [0.717, 1.165) is 17.2 Å². The Labute approximate surface area is 254 Å². The van der Waals surface area contributed by atoms with Gasteiger partial charge in [0.2, 0.25) is 5.91 Å². The van der Waals surface area contributed by atoms with Gasteiger partial charge in [-0.15, -0.1) is 0 Å². The second-order valence-corrected chi connectivity index (χ2v) is 14.1. The Bertz CT molecular complexity index is 1640. The molecule has 2 aromatic carbocycles. The maximum atomic E-state index is 14.8. The van der Waals surface area contributed by atoms with Crippen LogP contribution in [0.4, 0.5) is 10.1 Å². The number of hydrogen-bond acceptors (Lipinski definition) is 7. The fourth-order valence-electron chi connectivity index (χ4n) is 5.83. The maximum absolute atomic E-state index is 14.8. The van der Waals surface area contributed by atoms with Crippen LogP contribution >= 0.6 is 23.2 Å². The lowest BCUT2D eigenvalue weighted by Gasteiger charge is -2.36. The lowest BCUT2D eigenvalue weighted by atomic mass is 9.88. The molecule has 1 atom stereocenters. The van der Waals surface area contributed by atoms with Crippen LogP contribution in [0.2, 0.25) is 10.0 Å². The van der Waals surface area contributed by atoms with Crippen molar-refractivity contribution in [3.05, 3.63) is 74.2 Å². The molecule has 0 unspecified atom stereocenters. The molecule has 4 N–H and O–H groups in total. The van der Waals surface area contributed by atoms with Crippen molar-refractivity contribution in [2.75, 3.05) is 43.1 Å². The van der Waals surface area contributed by atoms with Gasteiger partial charge < -0.3 is 21.3 Å². The number of carbonyl (C=O) groups is 2. The number of anilines is 1. The van der Waals surface area contributed by atoms with Crippen LogP contribution in [0.15, 0.2) is 46.6 Å². The maximum Gasteiger partial charge on any atom is 0.256 e. The van der Waals surface area contributed by atoms with Crippen LogP contribution in [-0.4, -0.2) is 75.1 Å². The number of primary amides is 1. The molecule has 13 heteroatoms. The number of nitrogens with zero attached hydrogens (tertiary/aromatic N) is 3. The number of sulfone groups is 1. The molecule has 0 spiro atoms. The average molecular weight is 637 g/mol. The minimum atomic E-state index is -3.16. The third-order valence-electron chi connectivity index (χ3n) is 8.52. The lowest BCUT2D eigenvalue weighted by Crippen LogP contribution is -2.46. The summed E-state index contributed by atoms with van der Waals surface area (Å²) < 4.78 is 38.5. The van der Waals surface area contributed by atoms with Crippen molar-refractivity contribution in [1.29, 1.82) is 0 Å². The highest BCUT2D eigenvalue weighted by molar-refractivity contribution is 7.91. The molecule has 2 aliphatic heterocycles. The highest BCUT2D eigenvalue weighted by Gasteiger charge is 2.50. The van der Waals surface area contributed by atoms with E-state index >= 15 is 0 Å². The Balaban J connectivity index is 1.43. The molecule has 3 aliphatic rings. The first-order chi connectivity index (χ1) is 19.8. The minimum Gasteiger partial charge on any atom is -0.400 e. The molecule has 2 aromatic rings. The van der Waals surface area contributed by atoms with Gasteiger partial charge in [0.1, 0.15) is 5.82 Å². The number of nitrogens with two attached hydrogens (primary N) is 2. The molecule has 224 valence electrons. The molecule has 1 saturated heterocycles. The smallest absolute Gasteiger partial charge is 0.256 e. The van der Waals surface area contributed by atoms with Crippen LogP contribution in [0.3, 0.4) is 0 Å². The van der Waals surface area contributed by atoms with E-state index in [9.17, 15) is 22.4 Å². The molecule has 2 fully saturated rings. The Morgan fingerprint density at radius 3 is 2.33 bits per heavy atom. The predicted molar refractivity (Wildman–Crippen MR) is 163 cm³/mol. The monoisotopic (exact) mass is 635 g/mol. The van der Waals surface area contributed by atoms with Crippen molar-refractivity contribution in [2.24, 2.45) is 16.5 Å². The van der Waals surface area contributed by atoms with Crippen LogP contribution in [0, 0.1) is 5.82 Å². The SMILES string of the molecule is CN=C(C1=C(N)[C@H](C)N(C(=O)c2cc(F)cc(N3CCS(=O)(=O)CC3)c2Cl)CC1)c1cc(Cl)cc(C2(C(N)=O)CC2)c1. The van der Waals surface area contributed by atoms with E-state index in [4.69, 9.17) is 34.7 Å². The third kappa shape index (κ3) is 5.49. The molecule has 0 bridgehead atoms. The molecule has 1 saturated carbocycles. The summed E-state index contributed by atoms with van der Waals surface area (Å²) in [4.78, 5) is 33.6. The van der Waals surface area contributed by atoms with E-state index in [-0.39, 0.29) is 47.4 Å². The Kier molecular flexibility index (Phi) is 8.06.